The van der Waals surface area contributed by atoms with Gasteiger partial charge in [-0.2, -0.15) is 0 Å². The van der Waals surface area contributed by atoms with Gasteiger partial charge in [0, 0.05) is 11.8 Å². The number of aliphatic hydroxyl groups excluding tert-OH is 1. The minimum Gasteiger partial charge on any atom is -0.367 e. The van der Waals surface area contributed by atoms with Crippen LogP contribution in [0.4, 0.5) is 0 Å². The molecule has 0 radical (unpaired) electrons. The van der Waals surface area contributed by atoms with Crippen LogP contribution in [-0.2, 0) is 4.74 Å². The molecule has 0 aromatic carbocycles. The first-order valence-corrected chi connectivity index (χ1v) is 5.42. The van der Waals surface area contributed by atoms with Gasteiger partial charge in [-0.05, 0) is 12.8 Å². The predicted molar refractivity (Wildman–Crippen MR) is 57.8 cm³/mol. The fourth-order valence-electron chi connectivity index (χ4n) is 1.67. The van der Waals surface area contributed by atoms with Crippen LogP contribution in [0.3, 0.4) is 0 Å². The van der Waals surface area contributed by atoms with E-state index in [-0.39, 0.29) is 5.92 Å². The lowest BCUT2D eigenvalue weighted by atomic mass is 9.93. The third kappa shape index (κ3) is 2.96. The van der Waals surface area contributed by atoms with Crippen LogP contribution in [-0.4, -0.2) is 18.0 Å². The van der Waals surface area contributed by atoms with Crippen LogP contribution in [0.15, 0.2) is 24.3 Å². The van der Waals surface area contributed by atoms with Crippen molar-refractivity contribution < 1.29 is 9.84 Å². The predicted octanol–water partition coefficient (Wildman–Crippen LogP) is 2.50. The molecule has 1 fully saturated rings. The van der Waals surface area contributed by atoms with Gasteiger partial charge in [-0.25, -0.2) is 0 Å². The first kappa shape index (κ1) is 11.5. The van der Waals surface area contributed by atoms with Crippen LogP contribution in [0.2, 0.25) is 0 Å². The van der Waals surface area contributed by atoms with Crippen molar-refractivity contribution in [2.75, 3.05) is 6.61 Å². The Kier molecular flexibility index (Phi) is 4.91. The third-order valence-corrected chi connectivity index (χ3v) is 2.50. The zero-order chi connectivity index (χ0) is 10.4. The summed E-state index contributed by atoms with van der Waals surface area (Å²) in [5, 5.41) is 9.58. The summed E-state index contributed by atoms with van der Waals surface area (Å²) in [6.45, 7) is 4.84. The highest BCUT2D eigenvalue weighted by molar-refractivity contribution is 5.03. The van der Waals surface area contributed by atoms with Crippen LogP contribution in [0, 0.1) is 11.8 Å². The fourth-order valence-corrected chi connectivity index (χ4v) is 1.67. The number of rotatable bonds is 4. The first-order chi connectivity index (χ1) is 6.79. The summed E-state index contributed by atoms with van der Waals surface area (Å²) in [4.78, 5) is 0. The van der Waals surface area contributed by atoms with Gasteiger partial charge in [-0.15, -0.1) is 0 Å². The molecule has 0 amide bonds. The summed E-state index contributed by atoms with van der Waals surface area (Å²) < 4.78 is 5.23. The largest absolute Gasteiger partial charge is 0.367 e. The highest BCUT2D eigenvalue weighted by Gasteiger charge is 2.32. The molecule has 1 rings (SSSR count). The zero-order valence-electron chi connectivity index (χ0n) is 9.02. The van der Waals surface area contributed by atoms with E-state index in [1.54, 1.807) is 0 Å². The Balaban J connectivity index is 2.57. The van der Waals surface area contributed by atoms with Crippen molar-refractivity contribution >= 4 is 0 Å². The van der Waals surface area contributed by atoms with Crippen molar-refractivity contribution in [3.63, 3.8) is 0 Å². The molecular formula is C12H20O2. The molecule has 2 nitrogen and oxygen atoms in total. The van der Waals surface area contributed by atoms with Crippen LogP contribution in [0.25, 0.3) is 0 Å². The van der Waals surface area contributed by atoms with Gasteiger partial charge in [-0.3, -0.25) is 0 Å². The van der Waals surface area contributed by atoms with E-state index in [0.717, 1.165) is 12.8 Å². The molecular weight excluding hydrogens is 176 g/mol. The quantitative estimate of drug-likeness (QED) is 0.700. The monoisotopic (exact) mass is 196 g/mol. The van der Waals surface area contributed by atoms with Crippen LogP contribution >= 0.6 is 0 Å². The molecule has 80 valence electrons. The number of ether oxygens (including phenoxy) is 1. The molecule has 2 heteroatoms. The molecule has 0 aromatic rings. The van der Waals surface area contributed by atoms with E-state index in [4.69, 9.17) is 4.74 Å². The molecule has 1 heterocycles. The summed E-state index contributed by atoms with van der Waals surface area (Å²) in [5.74, 6) is 0.477. The van der Waals surface area contributed by atoms with Gasteiger partial charge in [0.25, 0.3) is 0 Å². The van der Waals surface area contributed by atoms with Crippen molar-refractivity contribution in [2.24, 2.45) is 11.8 Å². The summed E-state index contributed by atoms with van der Waals surface area (Å²) in [6, 6.07) is 0. The smallest absolute Gasteiger partial charge is 0.161 e. The van der Waals surface area contributed by atoms with E-state index in [1.807, 2.05) is 0 Å². The molecule has 1 aliphatic rings. The Morgan fingerprint density at radius 3 is 2.50 bits per heavy atom. The Bertz CT molecular complexity index is 208. The fraction of sp³-hybridized carbons (Fsp3) is 0.667. The number of aliphatic hydroxyl groups is 1. The molecule has 0 aromatic heterocycles. The van der Waals surface area contributed by atoms with Gasteiger partial charge >= 0.3 is 0 Å². The highest BCUT2D eigenvalue weighted by Crippen LogP contribution is 2.28. The van der Waals surface area contributed by atoms with Crippen molar-refractivity contribution in [1.29, 1.82) is 0 Å². The Morgan fingerprint density at radius 1 is 1.21 bits per heavy atom. The van der Waals surface area contributed by atoms with Crippen molar-refractivity contribution in [1.82, 2.24) is 0 Å². The lowest BCUT2D eigenvalue weighted by molar-refractivity contribution is -0.0735. The van der Waals surface area contributed by atoms with Gasteiger partial charge < -0.3 is 9.84 Å². The molecule has 1 aliphatic heterocycles. The highest BCUT2D eigenvalue weighted by atomic mass is 16.6. The molecule has 1 N–H and O–H groups in total. The van der Waals surface area contributed by atoms with Gasteiger partial charge in [0.1, 0.15) is 0 Å². The maximum absolute atomic E-state index is 9.58. The molecule has 0 bridgehead atoms. The number of hydrogen-bond acceptors (Lipinski definition) is 2. The van der Waals surface area contributed by atoms with Crippen LogP contribution in [0.1, 0.15) is 26.7 Å². The first-order valence-electron chi connectivity index (χ1n) is 5.42. The molecule has 14 heavy (non-hydrogen) atoms. The van der Waals surface area contributed by atoms with Crippen molar-refractivity contribution in [3.8, 4) is 0 Å². The lowest BCUT2D eigenvalue weighted by Crippen LogP contribution is -2.16. The SMILES string of the molecule is CC/C=C/[C@@H]1COC(O)[C@H]1/C=C/CC. The number of hydrogen-bond donors (Lipinski definition) is 1. The summed E-state index contributed by atoms with van der Waals surface area (Å²) in [7, 11) is 0. The second-order valence-corrected chi connectivity index (χ2v) is 3.64. The maximum atomic E-state index is 9.58. The second kappa shape index (κ2) is 5.99. The van der Waals surface area contributed by atoms with Crippen LogP contribution < -0.4 is 0 Å². The lowest BCUT2D eigenvalue weighted by Gasteiger charge is -2.12. The Morgan fingerprint density at radius 2 is 1.86 bits per heavy atom. The average Bonchev–Trinajstić information content (AvgIpc) is 2.53. The van der Waals surface area contributed by atoms with E-state index < -0.39 is 6.29 Å². The van der Waals surface area contributed by atoms with Gasteiger partial charge in [-0.1, -0.05) is 38.2 Å². The summed E-state index contributed by atoms with van der Waals surface area (Å²) in [6.07, 6.45) is 9.88. The van der Waals surface area contributed by atoms with Gasteiger partial charge in [0.15, 0.2) is 6.29 Å². The van der Waals surface area contributed by atoms with E-state index in [1.165, 1.54) is 0 Å². The zero-order valence-corrected chi connectivity index (χ0v) is 9.02. The van der Waals surface area contributed by atoms with E-state index in [2.05, 4.69) is 38.2 Å². The Hall–Kier alpha value is -0.600. The van der Waals surface area contributed by atoms with Crippen molar-refractivity contribution in [2.45, 2.75) is 33.0 Å². The van der Waals surface area contributed by atoms with Gasteiger partial charge in [0.2, 0.25) is 0 Å². The maximum Gasteiger partial charge on any atom is 0.161 e. The number of allylic oxidation sites excluding steroid dienone is 2. The standard InChI is InChI=1S/C12H20O2/c1-3-5-7-10-9-14-12(13)11(10)8-6-4-2/h5-8,10-13H,3-4,9H2,1-2H3/b7-5+,8-6+/t10-,11+,12?/m1/s1. The molecule has 1 saturated heterocycles. The topological polar surface area (TPSA) is 29.5 Å². The summed E-state index contributed by atoms with van der Waals surface area (Å²) >= 11 is 0. The molecule has 1 unspecified atom stereocenters. The van der Waals surface area contributed by atoms with E-state index in [9.17, 15) is 5.11 Å². The molecule has 0 spiro atoms. The molecule has 0 saturated carbocycles. The van der Waals surface area contributed by atoms with Crippen molar-refractivity contribution in [3.05, 3.63) is 24.3 Å². The Labute approximate surface area is 86.3 Å². The minimum atomic E-state index is -0.621. The average molecular weight is 196 g/mol. The van der Waals surface area contributed by atoms with Crippen LogP contribution in [0.5, 0.6) is 0 Å². The van der Waals surface area contributed by atoms with E-state index >= 15 is 0 Å². The molecule has 3 atom stereocenters. The van der Waals surface area contributed by atoms with E-state index in [0.29, 0.717) is 12.5 Å². The summed E-state index contributed by atoms with van der Waals surface area (Å²) in [5.41, 5.74) is 0. The normalized spacial score (nSPS) is 33.5. The second-order valence-electron chi connectivity index (χ2n) is 3.64. The van der Waals surface area contributed by atoms with Gasteiger partial charge in [0.05, 0.1) is 6.61 Å². The third-order valence-electron chi connectivity index (χ3n) is 2.50. The minimum absolute atomic E-state index is 0.137. The molecule has 0 aliphatic carbocycles.